The average molecular weight is 308 g/mol. The molecule has 1 aromatic carbocycles. The van der Waals surface area contributed by atoms with Gasteiger partial charge in [-0.1, -0.05) is 0 Å². The Morgan fingerprint density at radius 2 is 2.33 bits per heavy atom. The van der Waals surface area contributed by atoms with Gasteiger partial charge in [0.15, 0.2) is 0 Å². The molecule has 0 atom stereocenters. The van der Waals surface area contributed by atoms with Gasteiger partial charge in [0.1, 0.15) is 11.4 Å². The second kappa shape index (κ2) is 4.74. The number of aromatic nitrogens is 2. The first-order valence-corrected chi connectivity index (χ1v) is 6.78. The van der Waals surface area contributed by atoms with Crippen molar-refractivity contribution in [1.29, 1.82) is 0 Å². The Hall–Kier alpha value is -1.33. The minimum atomic E-state index is 0.446. The second-order valence-corrected chi connectivity index (χ2v) is 5.14. The van der Waals surface area contributed by atoms with E-state index in [1.807, 2.05) is 12.1 Å². The van der Waals surface area contributed by atoms with Crippen LogP contribution in [0.1, 0.15) is 17.7 Å². The number of aromatic amines is 1. The van der Waals surface area contributed by atoms with Gasteiger partial charge in [-0.3, -0.25) is 5.10 Å². The number of hydrogen-bond acceptors (Lipinski definition) is 3. The monoisotopic (exact) mass is 307 g/mol. The number of rotatable bonds is 2. The van der Waals surface area contributed by atoms with Crippen molar-refractivity contribution >= 4 is 15.9 Å². The van der Waals surface area contributed by atoms with Gasteiger partial charge < -0.3 is 10.5 Å². The van der Waals surface area contributed by atoms with Gasteiger partial charge in [0.2, 0.25) is 0 Å². The predicted octanol–water partition coefficient (Wildman–Crippen LogP) is 2.62. The molecular formula is C13H14BrN3O. The van der Waals surface area contributed by atoms with Gasteiger partial charge >= 0.3 is 0 Å². The molecule has 0 aliphatic carbocycles. The van der Waals surface area contributed by atoms with Gasteiger partial charge in [0, 0.05) is 12.1 Å². The van der Waals surface area contributed by atoms with Crippen LogP contribution in [-0.2, 0) is 13.0 Å². The molecule has 2 aromatic rings. The number of benzene rings is 1. The van der Waals surface area contributed by atoms with E-state index in [1.165, 1.54) is 5.56 Å². The zero-order valence-electron chi connectivity index (χ0n) is 9.87. The molecule has 0 saturated carbocycles. The molecule has 1 aromatic heterocycles. The van der Waals surface area contributed by atoms with Crippen LogP contribution in [-0.4, -0.2) is 16.8 Å². The number of hydrogen-bond donors (Lipinski definition) is 2. The molecule has 94 valence electrons. The van der Waals surface area contributed by atoms with E-state index < -0.39 is 0 Å². The van der Waals surface area contributed by atoms with E-state index >= 15 is 0 Å². The van der Waals surface area contributed by atoms with Crippen molar-refractivity contribution in [3.8, 4) is 17.0 Å². The molecule has 1 aliphatic rings. The minimum absolute atomic E-state index is 0.446. The number of halogens is 1. The SMILES string of the molecule is NCc1[nH]nc(-c2ccc3c(c2)CCCO3)c1Br. The van der Waals surface area contributed by atoms with E-state index in [0.717, 1.165) is 46.6 Å². The van der Waals surface area contributed by atoms with Gasteiger partial charge in [-0.2, -0.15) is 5.10 Å². The van der Waals surface area contributed by atoms with Crippen LogP contribution < -0.4 is 10.5 Å². The van der Waals surface area contributed by atoms with E-state index in [4.69, 9.17) is 10.5 Å². The van der Waals surface area contributed by atoms with Crippen LogP contribution >= 0.6 is 15.9 Å². The summed E-state index contributed by atoms with van der Waals surface area (Å²) < 4.78 is 6.56. The van der Waals surface area contributed by atoms with Gasteiger partial charge in [0.25, 0.3) is 0 Å². The Balaban J connectivity index is 2.03. The first kappa shape index (κ1) is 11.7. The maximum atomic E-state index is 5.63. The quantitative estimate of drug-likeness (QED) is 0.896. The van der Waals surface area contributed by atoms with Crippen molar-refractivity contribution in [2.75, 3.05) is 6.61 Å². The molecule has 0 spiro atoms. The molecule has 5 heteroatoms. The Morgan fingerprint density at radius 1 is 1.44 bits per heavy atom. The second-order valence-electron chi connectivity index (χ2n) is 4.34. The molecule has 4 nitrogen and oxygen atoms in total. The Bertz CT molecular complexity index is 580. The minimum Gasteiger partial charge on any atom is -0.493 e. The van der Waals surface area contributed by atoms with E-state index in [9.17, 15) is 0 Å². The van der Waals surface area contributed by atoms with Crippen molar-refractivity contribution < 1.29 is 4.74 Å². The summed E-state index contributed by atoms with van der Waals surface area (Å²) in [5, 5.41) is 7.26. The number of fused-ring (bicyclic) bond motifs is 1. The Kier molecular flexibility index (Phi) is 3.09. The van der Waals surface area contributed by atoms with E-state index in [0.29, 0.717) is 6.54 Å². The van der Waals surface area contributed by atoms with Crippen LogP contribution in [0, 0.1) is 0 Å². The van der Waals surface area contributed by atoms with E-state index in [2.05, 4.69) is 32.2 Å². The van der Waals surface area contributed by atoms with Crippen LogP contribution in [0.4, 0.5) is 0 Å². The highest BCUT2D eigenvalue weighted by molar-refractivity contribution is 9.10. The smallest absolute Gasteiger partial charge is 0.122 e. The van der Waals surface area contributed by atoms with Crippen LogP contribution in [0.2, 0.25) is 0 Å². The number of nitrogens with zero attached hydrogens (tertiary/aromatic N) is 1. The van der Waals surface area contributed by atoms with Crippen molar-refractivity contribution in [3.63, 3.8) is 0 Å². The highest BCUT2D eigenvalue weighted by Gasteiger charge is 2.15. The molecule has 0 saturated heterocycles. The normalized spacial score (nSPS) is 14.1. The molecular weight excluding hydrogens is 294 g/mol. The zero-order valence-corrected chi connectivity index (χ0v) is 11.5. The number of ether oxygens (including phenoxy) is 1. The molecule has 1 aliphatic heterocycles. The first-order chi connectivity index (χ1) is 8.79. The van der Waals surface area contributed by atoms with Crippen LogP contribution in [0.25, 0.3) is 11.3 Å². The summed E-state index contributed by atoms with van der Waals surface area (Å²) in [4.78, 5) is 0. The number of aryl methyl sites for hydroxylation is 1. The average Bonchev–Trinajstić information content (AvgIpc) is 2.79. The van der Waals surface area contributed by atoms with Crippen LogP contribution in [0.5, 0.6) is 5.75 Å². The maximum Gasteiger partial charge on any atom is 0.122 e. The summed E-state index contributed by atoms with van der Waals surface area (Å²) in [6, 6.07) is 6.20. The molecule has 0 unspecified atom stereocenters. The summed E-state index contributed by atoms with van der Waals surface area (Å²) >= 11 is 3.54. The van der Waals surface area contributed by atoms with E-state index in [-0.39, 0.29) is 0 Å². The third-order valence-corrected chi connectivity index (χ3v) is 4.02. The maximum absolute atomic E-state index is 5.63. The topological polar surface area (TPSA) is 63.9 Å². The highest BCUT2D eigenvalue weighted by Crippen LogP contribution is 2.33. The number of H-pyrrole nitrogens is 1. The zero-order chi connectivity index (χ0) is 12.5. The number of nitrogens with one attached hydrogen (secondary N) is 1. The summed E-state index contributed by atoms with van der Waals surface area (Å²) in [6.45, 7) is 1.26. The molecule has 3 N–H and O–H groups in total. The predicted molar refractivity (Wildman–Crippen MR) is 73.4 cm³/mol. The molecule has 0 bridgehead atoms. The summed E-state index contributed by atoms with van der Waals surface area (Å²) in [5.41, 5.74) is 9.79. The summed E-state index contributed by atoms with van der Waals surface area (Å²) in [5.74, 6) is 0.996. The van der Waals surface area contributed by atoms with Gasteiger partial charge in [-0.25, -0.2) is 0 Å². The van der Waals surface area contributed by atoms with Gasteiger partial charge in [-0.05, 0) is 52.5 Å². The first-order valence-electron chi connectivity index (χ1n) is 5.98. The van der Waals surface area contributed by atoms with Crippen molar-refractivity contribution in [2.45, 2.75) is 19.4 Å². The standard InChI is InChI=1S/C13H14BrN3O/c14-12-10(7-15)16-17-13(12)9-3-4-11-8(6-9)2-1-5-18-11/h3-4,6H,1-2,5,7,15H2,(H,16,17). The molecule has 0 amide bonds. The lowest BCUT2D eigenvalue weighted by Gasteiger charge is -2.17. The third-order valence-electron chi connectivity index (χ3n) is 3.16. The molecule has 0 radical (unpaired) electrons. The molecule has 18 heavy (non-hydrogen) atoms. The lowest BCUT2D eigenvalue weighted by atomic mass is 10.0. The van der Waals surface area contributed by atoms with Crippen LogP contribution in [0.3, 0.4) is 0 Å². The highest BCUT2D eigenvalue weighted by atomic mass is 79.9. The van der Waals surface area contributed by atoms with Crippen molar-refractivity contribution in [3.05, 3.63) is 33.9 Å². The fraction of sp³-hybridized carbons (Fsp3) is 0.308. The van der Waals surface area contributed by atoms with Gasteiger partial charge in [0.05, 0.1) is 16.8 Å². The summed E-state index contributed by atoms with van der Waals surface area (Å²) in [7, 11) is 0. The third kappa shape index (κ3) is 1.93. The number of nitrogens with two attached hydrogens (primary N) is 1. The molecule has 2 heterocycles. The van der Waals surface area contributed by atoms with Crippen molar-refractivity contribution in [2.24, 2.45) is 5.73 Å². The van der Waals surface area contributed by atoms with E-state index in [1.54, 1.807) is 0 Å². The fourth-order valence-electron chi connectivity index (χ4n) is 2.20. The largest absolute Gasteiger partial charge is 0.493 e. The fourth-order valence-corrected chi connectivity index (χ4v) is 2.77. The Morgan fingerprint density at radius 3 is 3.11 bits per heavy atom. The van der Waals surface area contributed by atoms with Crippen LogP contribution in [0.15, 0.2) is 22.7 Å². The van der Waals surface area contributed by atoms with Gasteiger partial charge in [-0.15, -0.1) is 0 Å². The van der Waals surface area contributed by atoms with Crippen molar-refractivity contribution in [1.82, 2.24) is 10.2 Å². The lowest BCUT2D eigenvalue weighted by molar-refractivity contribution is 0.288. The molecule has 3 rings (SSSR count). The summed E-state index contributed by atoms with van der Waals surface area (Å²) in [6.07, 6.45) is 2.14. The molecule has 0 fully saturated rings. The Labute approximate surface area is 114 Å². The lowest BCUT2D eigenvalue weighted by Crippen LogP contribution is -2.08.